The molecule has 0 aromatic carbocycles. The molecule has 0 fully saturated rings. The second-order valence-corrected chi connectivity index (χ2v) is 7.01. The summed E-state index contributed by atoms with van der Waals surface area (Å²) in [5, 5.41) is 34.8. The first-order chi connectivity index (χ1) is 13.8. The van der Waals surface area contributed by atoms with Gasteiger partial charge in [0.1, 0.15) is 12.1 Å². The minimum Gasteiger partial charge on any atom is -0.480 e. The standard InChI is InChI=1S/C16H29N5O8S/c1-6(22)11(20-13(25)8(17)3-4-10(18)24)15(27)19-9(5-30)14(26)21-12(7(2)23)16(28)29/h6-9,11-12,22-23,30H,3-5,17H2,1-2H3,(H2,18,24)(H,19,27)(H,20,25)(H,21,26)(H,28,29). The molecule has 6 atom stereocenters. The van der Waals surface area contributed by atoms with Crippen LogP contribution < -0.4 is 27.4 Å². The van der Waals surface area contributed by atoms with Crippen LogP contribution in [0.2, 0.25) is 0 Å². The minimum atomic E-state index is -1.62. The van der Waals surface area contributed by atoms with E-state index in [0.717, 1.165) is 6.92 Å². The first-order valence-corrected chi connectivity index (χ1v) is 9.59. The molecular formula is C16H29N5O8S. The molecule has 0 bridgehead atoms. The summed E-state index contributed by atoms with van der Waals surface area (Å²) in [6, 6.07) is -5.62. The molecule has 0 spiro atoms. The van der Waals surface area contributed by atoms with Crippen molar-refractivity contribution >= 4 is 42.2 Å². The molecule has 30 heavy (non-hydrogen) atoms. The van der Waals surface area contributed by atoms with Gasteiger partial charge in [0.25, 0.3) is 0 Å². The SMILES string of the molecule is CC(O)C(NC(=O)C(CS)NC(=O)C(NC(=O)C(N)CCC(N)=O)C(C)O)C(=O)O. The molecule has 4 amide bonds. The van der Waals surface area contributed by atoms with Crippen molar-refractivity contribution in [1.29, 1.82) is 0 Å². The third-order valence-corrected chi connectivity index (χ3v) is 4.33. The van der Waals surface area contributed by atoms with E-state index in [2.05, 4.69) is 28.6 Å². The smallest absolute Gasteiger partial charge is 0.328 e. The Kier molecular flexibility index (Phi) is 11.9. The number of amides is 4. The number of thiol groups is 1. The van der Waals surface area contributed by atoms with E-state index in [1.807, 2.05) is 0 Å². The lowest BCUT2D eigenvalue weighted by atomic mass is 10.1. The maximum atomic E-state index is 12.5. The zero-order valence-electron chi connectivity index (χ0n) is 16.6. The summed E-state index contributed by atoms with van der Waals surface area (Å²) in [6.07, 6.45) is -3.03. The van der Waals surface area contributed by atoms with Crippen LogP contribution in [0.25, 0.3) is 0 Å². The third kappa shape index (κ3) is 9.39. The van der Waals surface area contributed by atoms with E-state index < -0.39 is 66.0 Å². The molecular weight excluding hydrogens is 422 g/mol. The molecule has 6 unspecified atom stereocenters. The Labute approximate surface area is 178 Å². The first-order valence-electron chi connectivity index (χ1n) is 8.96. The topological polar surface area (TPSA) is 234 Å². The van der Waals surface area contributed by atoms with Gasteiger partial charge in [-0.05, 0) is 20.3 Å². The van der Waals surface area contributed by atoms with Crippen LogP contribution in [-0.4, -0.2) is 87.0 Å². The van der Waals surface area contributed by atoms with Gasteiger partial charge >= 0.3 is 5.97 Å². The zero-order chi connectivity index (χ0) is 23.6. The first kappa shape index (κ1) is 27.6. The van der Waals surface area contributed by atoms with Gasteiger partial charge in [0, 0.05) is 12.2 Å². The molecule has 14 heteroatoms. The summed E-state index contributed by atoms with van der Waals surface area (Å²) in [6.45, 7) is 2.37. The predicted molar refractivity (Wildman–Crippen MR) is 107 cm³/mol. The van der Waals surface area contributed by atoms with Gasteiger partial charge in [-0.2, -0.15) is 12.6 Å². The van der Waals surface area contributed by atoms with E-state index in [4.69, 9.17) is 16.6 Å². The van der Waals surface area contributed by atoms with Crippen LogP contribution in [0.4, 0.5) is 0 Å². The van der Waals surface area contributed by atoms with Crippen molar-refractivity contribution in [2.75, 3.05) is 5.75 Å². The molecule has 0 aliphatic heterocycles. The summed E-state index contributed by atoms with van der Waals surface area (Å²) in [5.41, 5.74) is 10.6. The molecule has 0 saturated heterocycles. The minimum absolute atomic E-state index is 0.0765. The highest BCUT2D eigenvalue weighted by Crippen LogP contribution is 2.01. The molecule has 10 N–H and O–H groups in total. The van der Waals surface area contributed by atoms with Crippen molar-refractivity contribution in [1.82, 2.24) is 16.0 Å². The number of carbonyl (C=O) groups is 5. The lowest BCUT2D eigenvalue weighted by Gasteiger charge is -2.26. The van der Waals surface area contributed by atoms with E-state index >= 15 is 0 Å². The second kappa shape index (κ2) is 13.0. The number of carbonyl (C=O) groups excluding carboxylic acids is 4. The lowest BCUT2D eigenvalue weighted by molar-refractivity contribution is -0.145. The molecule has 0 radical (unpaired) electrons. The van der Waals surface area contributed by atoms with Gasteiger partial charge in [-0.15, -0.1) is 0 Å². The maximum absolute atomic E-state index is 12.5. The van der Waals surface area contributed by atoms with Gasteiger partial charge in [-0.25, -0.2) is 4.79 Å². The Balaban J connectivity index is 5.13. The van der Waals surface area contributed by atoms with E-state index in [0.29, 0.717) is 0 Å². The Morgan fingerprint density at radius 1 is 0.900 bits per heavy atom. The fourth-order valence-electron chi connectivity index (χ4n) is 2.19. The number of nitrogens with two attached hydrogens (primary N) is 2. The Bertz CT molecular complexity index is 645. The number of hydrogen-bond donors (Lipinski definition) is 9. The Hall–Kier alpha value is -2.42. The quantitative estimate of drug-likeness (QED) is 0.123. The van der Waals surface area contributed by atoms with Gasteiger partial charge in [-0.1, -0.05) is 0 Å². The van der Waals surface area contributed by atoms with Crippen molar-refractivity contribution in [3.63, 3.8) is 0 Å². The number of primary amides is 1. The van der Waals surface area contributed by atoms with Crippen LogP contribution in [0.5, 0.6) is 0 Å². The summed E-state index contributed by atoms with van der Waals surface area (Å²) in [4.78, 5) is 58.6. The molecule has 172 valence electrons. The largest absolute Gasteiger partial charge is 0.480 e. The molecule has 13 nitrogen and oxygen atoms in total. The highest BCUT2D eigenvalue weighted by Gasteiger charge is 2.32. The summed E-state index contributed by atoms with van der Waals surface area (Å²) in [7, 11) is 0. The average Bonchev–Trinajstić information content (AvgIpc) is 2.64. The van der Waals surface area contributed by atoms with Crippen LogP contribution in [-0.2, 0) is 24.0 Å². The molecule has 0 rings (SSSR count). The van der Waals surface area contributed by atoms with Crippen molar-refractivity contribution in [3.05, 3.63) is 0 Å². The van der Waals surface area contributed by atoms with E-state index in [-0.39, 0.29) is 18.6 Å². The van der Waals surface area contributed by atoms with Crippen molar-refractivity contribution < 1.29 is 39.3 Å². The normalized spacial score (nSPS) is 16.9. The number of carboxylic acid groups (broad SMARTS) is 1. The van der Waals surface area contributed by atoms with Gasteiger partial charge in [-0.3, -0.25) is 19.2 Å². The fourth-order valence-corrected chi connectivity index (χ4v) is 2.45. The maximum Gasteiger partial charge on any atom is 0.328 e. The van der Waals surface area contributed by atoms with E-state index in [1.54, 1.807) is 0 Å². The van der Waals surface area contributed by atoms with Crippen LogP contribution >= 0.6 is 12.6 Å². The van der Waals surface area contributed by atoms with E-state index in [1.165, 1.54) is 6.92 Å². The molecule has 0 aliphatic rings. The summed E-state index contributed by atoms with van der Waals surface area (Å²) < 4.78 is 0. The van der Waals surface area contributed by atoms with Gasteiger partial charge in [0.05, 0.1) is 18.2 Å². The van der Waals surface area contributed by atoms with Gasteiger partial charge in [0.15, 0.2) is 6.04 Å². The number of aliphatic hydroxyl groups excluding tert-OH is 2. The Morgan fingerprint density at radius 3 is 1.80 bits per heavy atom. The second-order valence-electron chi connectivity index (χ2n) is 6.65. The average molecular weight is 452 g/mol. The predicted octanol–water partition coefficient (Wildman–Crippen LogP) is -4.19. The molecule has 0 aromatic heterocycles. The number of aliphatic hydroxyl groups is 2. The highest BCUT2D eigenvalue weighted by atomic mass is 32.1. The van der Waals surface area contributed by atoms with Crippen molar-refractivity contribution in [2.24, 2.45) is 11.5 Å². The monoisotopic (exact) mass is 451 g/mol. The highest BCUT2D eigenvalue weighted by molar-refractivity contribution is 7.80. The fraction of sp³-hybridized carbons (Fsp3) is 0.688. The van der Waals surface area contributed by atoms with Crippen molar-refractivity contribution in [3.8, 4) is 0 Å². The number of aliphatic carboxylic acids is 1. The lowest BCUT2D eigenvalue weighted by Crippen LogP contribution is -2.60. The van der Waals surface area contributed by atoms with Gasteiger partial charge < -0.3 is 42.7 Å². The number of carboxylic acids is 1. The molecule has 0 saturated carbocycles. The van der Waals surface area contributed by atoms with Crippen LogP contribution in [0, 0.1) is 0 Å². The number of nitrogens with one attached hydrogen (secondary N) is 3. The Morgan fingerprint density at radius 2 is 1.40 bits per heavy atom. The number of hydrogen-bond acceptors (Lipinski definition) is 9. The van der Waals surface area contributed by atoms with Crippen molar-refractivity contribution in [2.45, 2.75) is 63.1 Å². The third-order valence-electron chi connectivity index (χ3n) is 3.96. The zero-order valence-corrected chi connectivity index (χ0v) is 17.5. The van der Waals surface area contributed by atoms with Crippen LogP contribution in [0.15, 0.2) is 0 Å². The summed E-state index contributed by atoms with van der Waals surface area (Å²) >= 11 is 3.93. The van der Waals surface area contributed by atoms with E-state index in [9.17, 15) is 34.2 Å². The summed E-state index contributed by atoms with van der Waals surface area (Å²) in [5.74, 6) is -5.13. The number of rotatable bonds is 13. The van der Waals surface area contributed by atoms with Crippen LogP contribution in [0.1, 0.15) is 26.7 Å². The molecule has 0 aliphatic carbocycles. The van der Waals surface area contributed by atoms with Gasteiger partial charge in [0.2, 0.25) is 23.6 Å². The van der Waals surface area contributed by atoms with Crippen LogP contribution in [0.3, 0.4) is 0 Å². The molecule has 0 aromatic rings. The molecule has 0 heterocycles.